The molecule has 0 aliphatic carbocycles. The van der Waals surface area contributed by atoms with E-state index >= 15 is 0 Å². The van der Waals surface area contributed by atoms with Crippen LogP contribution in [0.3, 0.4) is 0 Å². The molecule has 0 radical (unpaired) electrons. The van der Waals surface area contributed by atoms with Gasteiger partial charge in [0.1, 0.15) is 0 Å². The second-order valence-corrected chi connectivity index (χ2v) is 10.0. The van der Waals surface area contributed by atoms with E-state index in [2.05, 4.69) is 31.0 Å². The maximum atomic E-state index is 13.0. The minimum absolute atomic E-state index is 0.0419. The van der Waals surface area contributed by atoms with Crippen molar-refractivity contribution >= 4 is 11.8 Å². The van der Waals surface area contributed by atoms with E-state index in [1.165, 1.54) is 0 Å². The lowest BCUT2D eigenvalue weighted by atomic mass is 9.92. The van der Waals surface area contributed by atoms with Crippen LogP contribution in [0.15, 0.2) is 12.1 Å². The first-order chi connectivity index (χ1) is 14.8. The molecular formula is C23H34N4O4. The van der Waals surface area contributed by atoms with Crippen LogP contribution < -0.4 is 4.74 Å². The minimum atomic E-state index is -0.217. The number of carbonyl (C=O) groups is 2. The Balaban J connectivity index is 1.25. The number of likely N-dealkylation sites (tertiary alicyclic amines) is 2. The van der Waals surface area contributed by atoms with E-state index < -0.39 is 0 Å². The quantitative estimate of drug-likeness (QED) is 0.711. The molecule has 170 valence electrons. The largest absolute Gasteiger partial charge is 0.476 e. The van der Waals surface area contributed by atoms with Crippen LogP contribution in [0.2, 0.25) is 0 Å². The average molecular weight is 431 g/mol. The van der Waals surface area contributed by atoms with Gasteiger partial charge in [0.25, 0.3) is 0 Å². The molecular weight excluding hydrogens is 396 g/mol. The van der Waals surface area contributed by atoms with Crippen molar-refractivity contribution in [3.63, 3.8) is 0 Å². The molecule has 3 fully saturated rings. The Morgan fingerprint density at radius 2 is 1.94 bits per heavy atom. The molecule has 0 N–H and O–H groups in total. The lowest BCUT2D eigenvalue weighted by Crippen LogP contribution is -2.41. The van der Waals surface area contributed by atoms with Gasteiger partial charge in [-0.2, -0.15) is 5.10 Å². The maximum absolute atomic E-state index is 13.0. The Morgan fingerprint density at radius 3 is 2.61 bits per heavy atom. The van der Waals surface area contributed by atoms with Gasteiger partial charge in [-0.25, -0.2) is 0 Å². The van der Waals surface area contributed by atoms with E-state index in [1.807, 2.05) is 21.9 Å². The fourth-order valence-corrected chi connectivity index (χ4v) is 4.67. The van der Waals surface area contributed by atoms with Crippen molar-refractivity contribution < 1.29 is 19.1 Å². The molecule has 4 rings (SSSR count). The van der Waals surface area contributed by atoms with Gasteiger partial charge in [-0.1, -0.05) is 20.8 Å². The zero-order valence-corrected chi connectivity index (χ0v) is 18.9. The summed E-state index contributed by atoms with van der Waals surface area (Å²) in [6, 6.07) is 4.04. The molecule has 31 heavy (non-hydrogen) atoms. The molecule has 2 atom stereocenters. The summed E-state index contributed by atoms with van der Waals surface area (Å²) < 4.78 is 11.2. The van der Waals surface area contributed by atoms with Crippen molar-refractivity contribution in [1.29, 1.82) is 0 Å². The molecule has 3 saturated heterocycles. The molecule has 1 aromatic heterocycles. The Morgan fingerprint density at radius 1 is 1.16 bits per heavy atom. The Kier molecular flexibility index (Phi) is 6.46. The van der Waals surface area contributed by atoms with Crippen molar-refractivity contribution in [2.24, 2.45) is 11.8 Å². The number of aromatic nitrogens is 2. The lowest BCUT2D eigenvalue weighted by molar-refractivity contribution is -0.135. The van der Waals surface area contributed by atoms with Crippen LogP contribution in [0.4, 0.5) is 0 Å². The zero-order chi connectivity index (χ0) is 22.0. The monoisotopic (exact) mass is 430 g/mol. The molecule has 3 aliphatic heterocycles. The molecule has 0 bridgehead atoms. The predicted molar refractivity (Wildman–Crippen MR) is 115 cm³/mol. The second-order valence-electron chi connectivity index (χ2n) is 10.0. The van der Waals surface area contributed by atoms with Crippen LogP contribution in [0, 0.1) is 11.8 Å². The maximum Gasteiger partial charge on any atom is 0.233 e. The fourth-order valence-electron chi connectivity index (χ4n) is 4.67. The molecule has 2 amide bonds. The van der Waals surface area contributed by atoms with E-state index in [4.69, 9.17) is 9.47 Å². The van der Waals surface area contributed by atoms with Gasteiger partial charge in [0.2, 0.25) is 17.7 Å². The van der Waals surface area contributed by atoms with Crippen LogP contribution in [0.25, 0.3) is 0 Å². The molecule has 2 unspecified atom stereocenters. The number of amides is 2. The Labute approximate surface area is 184 Å². The van der Waals surface area contributed by atoms with Crippen molar-refractivity contribution in [3.8, 4) is 5.88 Å². The Hall–Kier alpha value is -2.22. The molecule has 3 aliphatic rings. The summed E-state index contributed by atoms with van der Waals surface area (Å²) in [7, 11) is 0. The average Bonchev–Trinajstić information content (AvgIpc) is 3.39. The third kappa shape index (κ3) is 5.17. The normalized spacial score (nSPS) is 25.3. The third-order valence-corrected chi connectivity index (χ3v) is 6.61. The smallest absolute Gasteiger partial charge is 0.233 e. The van der Waals surface area contributed by atoms with Crippen molar-refractivity contribution in [2.45, 2.75) is 57.9 Å². The molecule has 8 nitrogen and oxygen atoms in total. The summed E-state index contributed by atoms with van der Waals surface area (Å²) >= 11 is 0. The highest BCUT2D eigenvalue weighted by atomic mass is 16.5. The first-order valence-electron chi connectivity index (χ1n) is 11.4. The summed E-state index contributed by atoms with van der Waals surface area (Å²) in [5, 5.41) is 8.44. The standard InChI is InChI=1S/C23H34N4O4/c1-23(2,3)19-4-5-20(25-24-19)31-15-16-6-9-26(13-16)22(29)17-12-21(28)27(14-17)18-7-10-30-11-8-18/h4-5,16-18H,6-15H2,1-3H3. The zero-order valence-electron chi connectivity index (χ0n) is 18.9. The molecule has 0 saturated carbocycles. The van der Waals surface area contributed by atoms with E-state index in [9.17, 15) is 9.59 Å². The summed E-state index contributed by atoms with van der Waals surface area (Å²) in [4.78, 5) is 29.4. The van der Waals surface area contributed by atoms with E-state index in [0.717, 1.165) is 31.5 Å². The van der Waals surface area contributed by atoms with Crippen molar-refractivity contribution in [1.82, 2.24) is 20.0 Å². The number of hydrogen-bond donors (Lipinski definition) is 0. The first kappa shape index (κ1) is 22.0. The number of ether oxygens (including phenoxy) is 2. The highest BCUT2D eigenvalue weighted by Crippen LogP contribution is 2.28. The topological polar surface area (TPSA) is 84.9 Å². The van der Waals surface area contributed by atoms with Gasteiger partial charge >= 0.3 is 0 Å². The van der Waals surface area contributed by atoms with Crippen LogP contribution in [0.5, 0.6) is 5.88 Å². The van der Waals surface area contributed by atoms with Gasteiger partial charge < -0.3 is 19.3 Å². The van der Waals surface area contributed by atoms with Crippen molar-refractivity contribution in [2.75, 3.05) is 39.5 Å². The van der Waals surface area contributed by atoms with Crippen LogP contribution in [0.1, 0.15) is 52.1 Å². The van der Waals surface area contributed by atoms with Crippen molar-refractivity contribution in [3.05, 3.63) is 17.8 Å². The third-order valence-electron chi connectivity index (χ3n) is 6.61. The molecule has 1 aromatic rings. The van der Waals surface area contributed by atoms with E-state index in [1.54, 1.807) is 0 Å². The number of carbonyl (C=O) groups excluding carboxylic acids is 2. The SMILES string of the molecule is CC(C)(C)c1ccc(OCC2CCN(C(=O)C3CC(=O)N(C4CCOCC4)C3)C2)nn1. The highest BCUT2D eigenvalue weighted by Gasteiger charge is 2.41. The van der Waals surface area contributed by atoms with Crippen LogP contribution in [-0.2, 0) is 19.7 Å². The van der Waals surface area contributed by atoms with Gasteiger partial charge in [-0.15, -0.1) is 5.10 Å². The molecule has 8 heteroatoms. The number of rotatable bonds is 5. The molecule has 4 heterocycles. The molecule has 0 aromatic carbocycles. The van der Waals surface area contributed by atoms with Gasteiger partial charge in [0.15, 0.2) is 0 Å². The summed E-state index contributed by atoms with van der Waals surface area (Å²) in [5.41, 5.74) is 0.887. The number of nitrogens with zero attached hydrogens (tertiary/aromatic N) is 4. The second kappa shape index (κ2) is 9.10. The number of hydrogen-bond acceptors (Lipinski definition) is 6. The summed E-state index contributed by atoms with van der Waals surface area (Å²) in [5.74, 6) is 0.801. The minimum Gasteiger partial charge on any atom is -0.476 e. The lowest BCUT2D eigenvalue weighted by Gasteiger charge is -2.31. The van der Waals surface area contributed by atoms with E-state index in [-0.39, 0.29) is 35.1 Å². The van der Waals surface area contributed by atoms with Gasteiger partial charge in [-0.05, 0) is 25.3 Å². The summed E-state index contributed by atoms with van der Waals surface area (Å²) in [6.07, 6.45) is 2.98. The van der Waals surface area contributed by atoms with Crippen LogP contribution >= 0.6 is 0 Å². The predicted octanol–water partition coefficient (Wildman–Crippen LogP) is 2.03. The molecule has 0 spiro atoms. The van der Waals surface area contributed by atoms with Crippen LogP contribution in [-0.4, -0.2) is 77.3 Å². The first-order valence-corrected chi connectivity index (χ1v) is 11.4. The van der Waals surface area contributed by atoms with E-state index in [0.29, 0.717) is 45.2 Å². The van der Waals surface area contributed by atoms with Gasteiger partial charge in [0, 0.05) is 62.7 Å². The van der Waals surface area contributed by atoms with Gasteiger partial charge in [0.05, 0.1) is 18.2 Å². The van der Waals surface area contributed by atoms with Gasteiger partial charge in [-0.3, -0.25) is 9.59 Å². The summed E-state index contributed by atoms with van der Waals surface area (Å²) in [6.45, 7) is 10.2. The fraction of sp³-hybridized carbons (Fsp3) is 0.739. The Bertz CT molecular complexity index is 786. The highest BCUT2D eigenvalue weighted by molar-refractivity contribution is 5.89.